The maximum atomic E-state index is 13.6. The summed E-state index contributed by atoms with van der Waals surface area (Å²) in [6, 6.07) is 7.94. The summed E-state index contributed by atoms with van der Waals surface area (Å²) in [6.45, 7) is 1.76. The van der Waals surface area contributed by atoms with Gasteiger partial charge >= 0.3 is 0 Å². The second-order valence-corrected chi connectivity index (χ2v) is 4.63. The van der Waals surface area contributed by atoms with Gasteiger partial charge in [0, 0.05) is 6.20 Å². The van der Waals surface area contributed by atoms with Gasteiger partial charge in [-0.25, -0.2) is 9.37 Å². The third kappa shape index (κ3) is 2.73. The summed E-state index contributed by atoms with van der Waals surface area (Å²) >= 11 is 3.26. The van der Waals surface area contributed by atoms with Crippen LogP contribution < -0.4 is 5.32 Å². The van der Waals surface area contributed by atoms with Crippen molar-refractivity contribution in [2.75, 3.05) is 5.32 Å². The molecular formula is C13H10BrFN2O. The smallest absolute Gasteiger partial charge is 0.259 e. The van der Waals surface area contributed by atoms with E-state index in [9.17, 15) is 9.18 Å². The Balaban J connectivity index is 2.25. The molecule has 0 saturated heterocycles. The highest BCUT2D eigenvalue weighted by Crippen LogP contribution is 2.19. The van der Waals surface area contributed by atoms with Crippen molar-refractivity contribution in [2.24, 2.45) is 0 Å². The Kier molecular flexibility index (Phi) is 3.72. The number of anilines is 1. The summed E-state index contributed by atoms with van der Waals surface area (Å²) in [5.74, 6) is -0.700. The van der Waals surface area contributed by atoms with Gasteiger partial charge in [-0.3, -0.25) is 4.79 Å². The quantitative estimate of drug-likeness (QED) is 0.922. The van der Waals surface area contributed by atoms with Crippen molar-refractivity contribution in [3.63, 3.8) is 0 Å². The van der Waals surface area contributed by atoms with Crippen molar-refractivity contribution >= 4 is 27.7 Å². The predicted molar refractivity (Wildman–Crippen MR) is 71.0 cm³/mol. The molecule has 3 nitrogen and oxygen atoms in total. The normalized spacial score (nSPS) is 10.2. The van der Waals surface area contributed by atoms with Crippen LogP contribution in [0.4, 0.5) is 10.2 Å². The lowest BCUT2D eigenvalue weighted by Gasteiger charge is -2.07. The minimum Gasteiger partial charge on any atom is -0.306 e. The molecule has 0 bridgehead atoms. The third-order valence-electron chi connectivity index (χ3n) is 2.36. The largest absolute Gasteiger partial charge is 0.306 e. The number of nitrogens with one attached hydrogen (secondary N) is 1. The highest BCUT2D eigenvalue weighted by atomic mass is 79.9. The van der Waals surface area contributed by atoms with Crippen LogP contribution in [0.1, 0.15) is 15.9 Å². The lowest BCUT2D eigenvalue weighted by Crippen LogP contribution is -2.15. The number of benzene rings is 1. The summed E-state index contributed by atoms with van der Waals surface area (Å²) in [4.78, 5) is 15.9. The fourth-order valence-electron chi connectivity index (χ4n) is 1.46. The molecule has 0 aliphatic heterocycles. The molecule has 5 heteroatoms. The molecule has 0 saturated carbocycles. The zero-order chi connectivity index (χ0) is 13.1. The zero-order valence-electron chi connectivity index (χ0n) is 9.58. The molecule has 2 aromatic rings. The summed E-state index contributed by atoms with van der Waals surface area (Å²) in [6.07, 6.45) is 1.55. The Morgan fingerprint density at radius 3 is 2.83 bits per heavy atom. The van der Waals surface area contributed by atoms with Crippen LogP contribution in [-0.2, 0) is 0 Å². The van der Waals surface area contributed by atoms with Gasteiger partial charge in [0.1, 0.15) is 11.6 Å². The second-order valence-electron chi connectivity index (χ2n) is 3.77. The standard InChI is InChI=1S/C13H10BrFN2O/c1-8-4-5-9(11(15)7-8)13(18)17-12-10(14)3-2-6-16-12/h2-7H,1H3,(H,16,17,18). The van der Waals surface area contributed by atoms with Crippen LogP contribution in [0.3, 0.4) is 0 Å². The lowest BCUT2D eigenvalue weighted by molar-refractivity contribution is 0.102. The Hall–Kier alpha value is -1.75. The summed E-state index contributed by atoms with van der Waals surface area (Å²) < 4.78 is 14.3. The van der Waals surface area contributed by atoms with E-state index in [0.29, 0.717) is 10.3 Å². The molecule has 0 spiro atoms. The summed E-state index contributed by atoms with van der Waals surface area (Å²) in [5, 5.41) is 2.55. The third-order valence-corrected chi connectivity index (χ3v) is 3.00. The molecule has 0 aliphatic carbocycles. The van der Waals surface area contributed by atoms with E-state index in [1.807, 2.05) is 0 Å². The number of aryl methyl sites for hydroxylation is 1. The van der Waals surface area contributed by atoms with Crippen molar-refractivity contribution < 1.29 is 9.18 Å². The molecule has 92 valence electrons. The molecule has 0 atom stereocenters. The van der Waals surface area contributed by atoms with Gasteiger partial charge in [0.05, 0.1) is 10.0 Å². The Labute approximate surface area is 112 Å². The van der Waals surface area contributed by atoms with E-state index < -0.39 is 11.7 Å². The van der Waals surface area contributed by atoms with Crippen LogP contribution in [0, 0.1) is 12.7 Å². The maximum Gasteiger partial charge on any atom is 0.259 e. The number of rotatable bonds is 2. The number of hydrogen-bond donors (Lipinski definition) is 1. The van der Waals surface area contributed by atoms with Crippen molar-refractivity contribution in [1.29, 1.82) is 0 Å². The van der Waals surface area contributed by atoms with Gasteiger partial charge in [0.2, 0.25) is 0 Å². The fraction of sp³-hybridized carbons (Fsp3) is 0.0769. The number of nitrogens with zero attached hydrogens (tertiary/aromatic N) is 1. The molecule has 1 heterocycles. The van der Waals surface area contributed by atoms with E-state index in [2.05, 4.69) is 26.2 Å². The average Bonchev–Trinajstić information content (AvgIpc) is 2.32. The predicted octanol–water partition coefficient (Wildman–Crippen LogP) is 3.54. The molecule has 0 fully saturated rings. The molecular weight excluding hydrogens is 299 g/mol. The van der Waals surface area contributed by atoms with Gasteiger partial charge in [-0.15, -0.1) is 0 Å². The molecule has 0 radical (unpaired) electrons. The summed E-state index contributed by atoms with van der Waals surface area (Å²) in [7, 11) is 0. The molecule has 1 aromatic heterocycles. The number of amides is 1. The van der Waals surface area contributed by atoms with Gasteiger partial charge in [-0.2, -0.15) is 0 Å². The van der Waals surface area contributed by atoms with Gasteiger partial charge < -0.3 is 5.32 Å². The molecule has 1 aromatic carbocycles. The van der Waals surface area contributed by atoms with Crippen LogP contribution in [0.5, 0.6) is 0 Å². The first kappa shape index (κ1) is 12.7. The minimum absolute atomic E-state index is 0.00171. The second kappa shape index (κ2) is 5.27. The number of carbonyl (C=O) groups excluding carboxylic acids is 1. The first-order valence-electron chi connectivity index (χ1n) is 5.26. The maximum absolute atomic E-state index is 13.6. The lowest BCUT2D eigenvalue weighted by atomic mass is 10.1. The number of carbonyl (C=O) groups is 1. The number of halogens is 2. The van der Waals surface area contributed by atoms with E-state index in [4.69, 9.17) is 0 Å². The Bertz CT molecular complexity index is 601. The van der Waals surface area contributed by atoms with E-state index in [0.717, 1.165) is 5.56 Å². The number of hydrogen-bond acceptors (Lipinski definition) is 2. The molecule has 2 rings (SSSR count). The molecule has 0 aliphatic rings. The SMILES string of the molecule is Cc1ccc(C(=O)Nc2ncccc2Br)c(F)c1. The van der Waals surface area contributed by atoms with Crippen molar-refractivity contribution in [1.82, 2.24) is 4.98 Å². The summed E-state index contributed by atoms with van der Waals surface area (Å²) in [5.41, 5.74) is 0.765. The van der Waals surface area contributed by atoms with Crippen LogP contribution >= 0.6 is 15.9 Å². The molecule has 1 N–H and O–H groups in total. The highest BCUT2D eigenvalue weighted by molar-refractivity contribution is 9.10. The molecule has 0 unspecified atom stereocenters. The van der Waals surface area contributed by atoms with Gasteiger partial charge in [-0.1, -0.05) is 6.07 Å². The monoisotopic (exact) mass is 308 g/mol. The Morgan fingerprint density at radius 1 is 1.39 bits per heavy atom. The van der Waals surface area contributed by atoms with Crippen LogP contribution in [0.2, 0.25) is 0 Å². The zero-order valence-corrected chi connectivity index (χ0v) is 11.2. The Morgan fingerprint density at radius 2 is 2.17 bits per heavy atom. The first-order valence-corrected chi connectivity index (χ1v) is 6.05. The van der Waals surface area contributed by atoms with Crippen LogP contribution in [-0.4, -0.2) is 10.9 Å². The van der Waals surface area contributed by atoms with Crippen LogP contribution in [0.15, 0.2) is 41.0 Å². The first-order chi connectivity index (χ1) is 8.58. The van der Waals surface area contributed by atoms with E-state index in [-0.39, 0.29) is 5.56 Å². The number of pyridine rings is 1. The van der Waals surface area contributed by atoms with E-state index in [1.165, 1.54) is 12.1 Å². The average molecular weight is 309 g/mol. The van der Waals surface area contributed by atoms with Crippen molar-refractivity contribution in [3.05, 3.63) is 57.9 Å². The topological polar surface area (TPSA) is 42.0 Å². The number of aromatic nitrogens is 1. The fourth-order valence-corrected chi connectivity index (χ4v) is 1.81. The van der Waals surface area contributed by atoms with Crippen molar-refractivity contribution in [2.45, 2.75) is 6.92 Å². The van der Waals surface area contributed by atoms with Gasteiger partial charge in [-0.05, 0) is 52.7 Å². The van der Waals surface area contributed by atoms with E-state index >= 15 is 0 Å². The van der Waals surface area contributed by atoms with Gasteiger partial charge in [0.15, 0.2) is 0 Å². The molecule has 18 heavy (non-hydrogen) atoms. The van der Waals surface area contributed by atoms with Crippen molar-refractivity contribution in [3.8, 4) is 0 Å². The van der Waals surface area contributed by atoms with Crippen LogP contribution in [0.25, 0.3) is 0 Å². The van der Waals surface area contributed by atoms with E-state index in [1.54, 1.807) is 31.3 Å². The highest BCUT2D eigenvalue weighted by Gasteiger charge is 2.13. The molecule has 1 amide bonds. The van der Waals surface area contributed by atoms with Gasteiger partial charge in [0.25, 0.3) is 5.91 Å². The minimum atomic E-state index is -0.542.